The van der Waals surface area contributed by atoms with Gasteiger partial charge in [-0.3, -0.25) is 19.7 Å². The number of nitro groups is 1. The van der Waals surface area contributed by atoms with Crippen molar-refractivity contribution in [2.75, 3.05) is 11.4 Å². The van der Waals surface area contributed by atoms with Crippen LogP contribution in [0.4, 0.5) is 15.8 Å². The summed E-state index contributed by atoms with van der Waals surface area (Å²) in [6.45, 7) is 0.997. The minimum Gasteiger partial charge on any atom is -0.362 e. The van der Waals surface area contributed by atoms with Crippen molar-refractivity contribution in [3.8, 4) is 0 Å². The van der Waals surface area contributed by atoms with Gasteiger partial charge in [0.1, 0.15) is 11.5 Å². The van der Waals surface area contributed by atoms with Crippen molar-refractivity contribution >= 4 is 28.8 Å². The van der Waals surface area contributed by atoms with Crippen LogP contribution in [0.2, 0.25) is 0 Å². The number of hydrogen-bond acceptors (Lipinski definition) is 5. The van der Waals surface area contributed by atoms with Gasteiger partial charge in [-0.2, -0.15) is 0 Å². The lowest BCUT2D eigenvalue weighted by molar-refractivity contribution is -0.384. The van der Waals surface area contributed by atoms with Gasteiger partial charge in [0.2, 0.25) is 0 Å². The standard InChI is InChI=1S/C25H18FN3O4/c26-19-7-11-20(12-8-19)28-24(30)22(17-5-9-21(10-6-17)29(32)33)23(25(28)31)27-14-13-16-3-1-2-4-18(16)15-27/h1-12H,13-15H2. The summed E-state index contributed by atoms with van der Waals surface area (Å²) in [5.74, 6) is -1.53. The fourth-order valence-corrected chi connectivity index (χ4v) is 4.33. The van der Waals surface area contributed by atoms with Gasteiger partial charge in [0.25, 0.3) is 17.5 Å². The van der Waals surface area contributed by atoms with Crippen molar-refractivity contribution in [3.05, 3.63) is 111 Å². The first-order valence-electron chi connectivity index (χ1n) is 10.4. The van der Waals surface area contributed by atoms with E-state index in [1.807, 2.05) is 29.2 Å². The third-order valence-corrected chi connectivity index (χ3v) is 5.96. The molecule has 164 valence electrons. The summed E-state index contributed by atoms with van der Waals surface area (Å²) in [5.41, 5.74) is 3.25. The van der Waals surface area contributed by atoms with E-state index in [0.717, 1.165) is 10.5 Å². The number of carbonyl (C=O) groups is 2. The van der Waals surface area contributed by atoms with Crippen LogP contribution in [0.5, 0.6) is 0 Å². The third-order valence-electron chi connectivity index (χ3n) is 5.96. The van der Waals surface area contributed by atoms with E-state index in [0.29, 0.717) is 25.1 Å². The van der Waals surface area contributed by atoms with E-state index in [1.165, 1.54) is 54.1 Å². The molecule has 0 spiro atoms. The largest absolute Gasteiger partial charge is 0.362 e. The van der Waals surface area contributed by atoms with Crippen LogP contribution in [-0.4, -0.2) is 28.2 Å². The van der Waals surface area contributed by atoms with Gasteiger partial charge >= 0.3 is 0 Å². The van der Waals surface area contributed by atoms with Crippen molar-refractivity contribution in [2.24, 2.45) is 0 Å². The molecule has 2 heterocycles. The molecule has 0 aromatic heterocycles. The molecule has 7 nitrogen and oxygen atoms in total. The minimum atomic E-state index is -0.547. The average Bonchev–Trinajstić information content (AvgIpc) is 3.09. The Morgan fingerprint density at radius 1 is 0.848 bits per heavy atom. The highest BCUT2D eigenvalue weighted by atomic mass is 19.1. The van der Waals surface area contributed by atoms with Crippen LogP contribution in [0.1, 0.15) is 16.7 Å². The van der Waals surface area contributed by atoms with Crippen LogP contribution in [0.3, 0.4) is 0 Å². The van der Waals surface area contributed by atoms with E-state index in [2.05, 4.69) is 0 Å². The minimum absolute atomic E-state index is 0.111. The van der Waals surface area contributed by atoms with Gasteiger partial charge in [-0.25, -0.2) is 9.29 Å². The number of benzene rings is 3. The second kappa shape index (κ2) is 7.98. The Kier molecular flexibility index (Phi) is 4.97. The molecule has 2 aliphatic heterocycles. The number of imide groups is 1. The van der Waals surface area contributed by atoms with Gasteiger partial charge in [0, 0.05) is 25.2 Å². The van der Waals surface area contributed by atoms with Gasteiger partial charge in [-0.05, 0) is 59.5 Å². The molecule has 2 amide bonds. The maximum Gasteiger partial charge on any atom is 0.282 e. The molecule has 3 aromatic carbocycles. The summed E-state index contributed by atoms with van der Waals surface area (Å²) in [6, 6.07) is 18.7. The molecule has 5 rings (SSSR count). The first-order valence-corrected chi connectivity index (χ1v) is 10.4. The van der Waals surface area contributed by atoms with Gasteiger partial charge in [-0.15, -0.1) is 0 Å². The zero-order valence-corrected chi connectivity index (χ0v) is 17.4. The molecule has 0 atom stereocenters. The van der Waals surface area contributed by atoms with E-state index in [4.69, 9.17) is 0 Å². The van der Waals surface area contributed by atoms with Crippen LogP contribution >= 0.6 is 0 Å². The Morgan fingerprint density at radius 3 is 2.18 bits per heavy atom. The number of non-ortho nitro benzene ring substituents is 1. The Bertz CT molecular complexity index is 1320. The van der Waals surface area contributed by atoms with E-state index < -0.39 is 22.6 Å². The van der Waals surface area contributed by atoms with Gasteiger partial charge in [0.15, 0.2) is 0 Å². The Morgan fingerprint density at radius 2 is 1.52 bits per heavy atom. The molecule has 0 saturated heterocycles. The van der Waals surface area contributed by atoms with Crippen LogP contribution in [0, 0.1) is 15.9 Å². The van der Waals surface area contributed by atoms with Crippen molar-refractivity contribution in [1.82, 2.24) is 4.90 Å². The Labute approximate surface area is 188 Å². The van der Waals surface area contributed by atoms with E-state index >= 15 is 0 Å². The lowest BCUT2D eigenvalue weighted by Gasteiger charge is -2.31. The molecule has 2 aliphatic rings. The third kappa shape index (κ3) is 3.55. The van der Waals surface area contributed by atoms with Crippen molar-refractivity contribution in [3.63, 3.8) is 0 Å². The fourth-order valence-electron chi connectivity index (χ4n) is 4.33. The van der Waals surface area contributed by atoms with Crippen LogP contribution in [0.15, 0.2) is 78.5 Å². The first-order chi connectivity index (χ1) is 15.9. The van der Waals surface area contributed by atoms with Crippen LogP contribution in [-0.2, 0) is 22.6 Å². The van der Waals surface area contributed by atoms with Gasteiger partial charge in [0.05, 0.1) is 16.2 Å². The molecule has 0 radical (unpaired) electrons. The highest BCUT2D eigenvalue weighted by molar-refractivity contribution is 6.45. The maximum atomic E-state index is 13.6. The number of amides is 2. The molecule has 8 heteroatoms. The quantitative estimate of drug-likeness (QED) is 0.345. The predicted octanol–water partition coefficient (Wildman–Crippen LogP) is 4.08. The second-order valence-corrected chi connectivity index (χ2v) is 7.89. The number of carbonyl (C=O) groups excluding carboxylic acids is 2. The predicted molar refractivity (Wildman–Crippen MR) is 119 cm³/mol. The Hall–Kier alpha value is -4.33. The molecule has 0 aliphatic carbocycles. The number of fused-ring (bicyclic) bond motifs is 1. The van der Waals surface area contributed by atoms with Crippen LogP contribution < -0.4 is 4.90 Å². The highest BCUT2D eigenvalue weighted by Gasteiger charge is 2.43. The van der Waals surface area contributed by atoms with E-state index in [-0.39, 0.29) is 22.6 Å². The molecule has 0 unspecified atom stereocenters. The summed E-state index contributed by atoms with van der Waals surface area (Å²) >= 11 is 0. The molecular weight excluding hydrogens is 425 g/mol. The average molecular weight is 443 g/mol. The van der Waals surface area contributed by atoms with E-state index in [9.17, 15) is 24.1 Å². The summed E-state index contributed by atoms with van der Waals surface area (Å²) in [4.78, 5) is 40.5. The molecule has 3 aromatic rings. The number of nitro benzene ring substituents is 1. The van der Waals surface area contributed by atoms with Crippen molar-refractivity contribution in [1.29, 1.82) is 0 Å². The summed E-state index contributed by atoms with van der Waals surface area (Å²) in [5, 5.41) is 11.1. The van der Waals surface area contributed by atoms with Crippen molar-refractivity contribution < 1.29 is 18.9 Å². The molecule has 0 saturated carbocycles. The summed E-state index contributed by atoms with van der Waals surface area (Å²) in [7, 11) is 0. The number of rotatable bonds is 4. The zero-order chi connectivity index (χ0) is 23.1. The molecule has 33 heavy (non-hydrogen) atoms. The lowest BCUT2D eigenvalue weighted by Crippen LogP contribution is -2.37. The van der Waals surface area contributed by atoms with Gasteiger partial charge in [-0.1, -0.05) is 24.3 Å². The second-order valence-electron chi connectivity index (χ2n) is 7.89. The number of nitrogens with zero attached hydrogens (tertiary/aromatic N) is 3. The molecule has 0 bridgehead atoms. The topological polar surface area (TPSA) is 83.8 Å². The number of anilines is 1. The van der Waals surface area contributed by atoms with E-state index in [1.54, 1.807) is 0 Å². The monoisotopic (exact) mass is 443 g/mol. The fraction of sp³-hybridized carbons (Fsp3) is 0.120. The smallest absolute Gasteiger partial charge is 0.282 e. The highest BCUT2D eigenvalue weighted by Crippen LogP contribution is 2.37. The van der Waals surface area contributed by atoms with Crippen molar-refractivity contribution in [2.45, 2.75) is 13.0 Å². The Balaban J connectivity index is 1.61. The molecular formula is C25H18FN3O4. The maximum absolute atomic E-state index is 13.6. The normalized spacial score (nSPS) is 15.8. The number of hydrogen-bond donors (Lipinski definition) is 0. The number of halogens is 1. The summed E-state index contributed by atoms with van der Waals surface area (Å²) < 4.78 is 13.5. The molecule has 0 N–H and O–H groups in total. The van der Waals surface area contributed by atoms with Gasteiger partial charge < -0.3 is 4.90 Å². The molecule has 0 fully saturated rings. The summed E-state index contributed by atoms with van der Waals surface area (Å²) in [6.07, 6.45) is 0.714. The SMILES string of the molecule is O=C1C(c2ccc([N+](=O)[O-])cc2)=C(N2CCc3ccccc3C2)C(=O)N1c1ccc(F)cc1. The lowest BCUT2D eigenvalue weighted by atomic mass is 9.98. The van der Waals surface area contributed by atoms with Crippen LogP contribution in [0.25, 0.3) is 5.57 Å². The first kappa shape index (κ1) is 20.6. The zero-order valence-electron chi connectivity index (χ0n) is 17.4.